The maximum atomic E-state index is 2.31. The molecule has 1 rings (SSSR count). The van der Waals surface area contributed by atoms with E-state index in [1.165, 1.54) is 12.8 Å². The van der Waals surface area contributed by atoms with Gasteiger partial charge in [0.15, 0.2) is 0 Å². The topological polar surface area (TPSA) is 0 Å². The Labute approximate surface area is 56.6 Å². The van der Waals surface area contributed by atoms with Crippen LogP contribution < -0.4 is 0 Å². The zero-order chi connectivity index (χ0) is 3.70. The van der Waals surface area contributed by atoms with Crippen molar-refractivity contribution in [3.05, 3.63) is 0 Å². The summed E-state index contributed by atoms with van der Waals surface area (Å²) >= 11 is 1.97. The molecule has 0 aromatic rings. The molecule has 6 heavy (non-hydrogen) atoms. The molecule has 0 amide bonds. The monoisotopic (exact) mass is 114 g/mol. The normalized spacial score (nSPS) is 19.0. The molecule has 1 saturated carbocycles. The van der Waals surface area contributed by atoms with Crippen molar-refractivity contribution in [3.63, 3.8) is 0 Å². The predicted octanol–water partition coefficient (Wildman–Crippen LogP) is 0.789. The average molecular weight is 115 g/mol. The van der Waals surface area contributed by atoms with Crippen LogP contribution in [-0.4, -0.2) is 25.4 Å². The van der Waals surface area contributed by atoms with Crippen LogP contribution in [-0.2, 0) is 0 Å². The molecule has 0 spiro atoms. The van der Waals surface area contributed by atoms with Gasteiger partial charge in [0.25, 0.3) is 0 Å². The standard InChI is InChI=1S/C4H6.ClH.Mg/c1-4-2-3-4;;/h1,4H,2-3H2;1H;. The van der Waals surface area contributed by atoms with E-state index in [9.17, 15) is 0 Å². The van der Waals surface area contributed by atoms with Crippen LogP contribution in [0.2, 0.25) is 0 Å². The van der Waals surface area contributed by atoms with E-state index in [1.807, 2.05) is 21.2 Å². The summed E-state index contributed by atoms with van der Waals surface area (Å²) in [6, 6.07) is 0. The van der Waals surface area contributed by atoms with Gasteiger partial charge in [-0.2, -0.15) is 0 Å². The Kier molecular flexibility index (Phi) is 3.46. The number of halogens is 1. The molecule has 0 aromatic carbocycles. The van der Waals surface area contributed by atoms with Gasteiger partial charge in [-0.15, -0.1) is 12.4 Å². The Morgan fingerprint density at radius 1 is 1.50 bits per heavy atom. The van der Waals surface area contributed by atoms with E-state index in [2.05, 4.69) is 4.14 Å². The van der Waals surface area contributed by atoms with Crippen LogP contribution in [0.5, 0.6) is 0 Å². The van der Waals surface area contributed by atoms with Crippen molar-refractivity contribution in [2.24, 2.45) is 5.92 Å². The van der Waals surface area contributed by atoms with E-state index in [0.717, 1.165) is 5.92 Å². The number of hydrogen-bond acceptors (Lipinski definition) is 0. The van der Waals surface area contributed by atoms with Crippen molar-refractivity contribution >= 4 is 37.8 Å². The third-order valence-corrected chi connectivity index (χ3v) is 1.62. The molecule has 0 aliphatic heterocycles. The van der Waals surface area contributed by atoms with Crippen LogP contribution in [0.25, 0.3) is 0 Å². The zero-order valence-corrected chi connectivity index (χ0v) is 5.91. The molecule has 0 bridgehead atoms. The van der Waals surface area contributed by atoms with Crippen LogP contribution in [0.3, 0.4) is 0 Å². The van der Waals surface area contributed by atoms with Crippen molar-refractivity contribution in [1.82, 2.24) is 0 Å². The van der Waals surface area contributed by atoms with Crippen LogP contribution in [0.4, 0.5) is 0 Å². The molecule has 0 nitrogen and oxygen atoms in total. The Balaban J connectivity index is 0.000000250. The fraction of sp³-hybridized carbons (Fsp3) is 0.750. The Bertz CT molecular complexity index is 49.5. The first-order chi connectivity index (χ1) is 2.43. The summed E-state index contributed by atoms with van der Waals surface area (Å²) in [5, 5.41) is 0. The molecule has 0 aromatic heterocycles. The van der Waals surface area contributed by atoms with E-state index in [4.69, 9.17) is 0 Å². The van der Waals surface area contributed by atoms with Crippen molar-refractivity contribution in [3.8, 4) is 0 Å². The van der Waals surface area contributed by atoms with Gasteiger partial charge in [0.2, 0.25) is 0 Å². The molecule has 0 saturated heterocycles. The Morgan fingerprint density at radius 3 is 2.00 bits per heavy atom. The summed E-state index contributed by atoms with van der Waals surface area (Å²) in [6.07, 6.45) is 2.92. The summed E-state index contributed by atoms with van der Waals surface area (Å²) < 4.78 is 2.31. The maximum absolute atomic E-state index is 2.31. The molecule has 0 heterocycles. The minimum absolute atomic E-state index is 0. The number of rotatable bonds is 1. The summed E-state index contributed by atoms with van der Waals surface area (Å²) in [6.45, 7) is 0. The summed E-state index contributed by atoms with van der Waals surface area (Å²) in [4.78, 5) is 0. The SMILES string of the molecule is Cl.[Mg]=[CH]C1CC1. The Morgan fingerprint density at radius 2 is 2.00 bits per heavy atom. The fourth-order valence-corrected chi connectivity index (χ4v) is 0.803. The van der Waals surface area contributed by atoms with Crippen molar-refractivity contribution in [1.29, 1.82) is 0 Å². The van der Waals surface area contributed by atoms with Gasteiger partial charge in [-0.05, 0) is 0 Å². The van der Waals surface area contributed by atoms with Gasteiger partial charge in [-0.25, -0.2) is 0 Å². The third kappa shape index (κ3) is 2.16. The van der Waals surface area contributed by atoms with Crippen molar-refractivity contribution in [2.45, 2.75) is 12.8 Å². The van der Waals surface area contributed by atoms with E-state index in [0.29, 0.717) is 0 Å². The molecule has 1 fully saturated rings. The Hall–Kier alpha value is 0.926. The van der Waals surface area contributed by atoms with E-state index >= 15 is 0 Å². The minimum atomic E-state index is 0. The van der Waals surface area contributed by atoms with E-state index in [-0.39, 0.29) is 12.4 Å². The summed E-state index contributed by atoms with van der Waals surface area (Å²) in [5.41, 5.74) is 0. The van der Waals surface area contributed by atoms with Gasteiger partial charge in [-0.3, -0.25) is 0 Å². The van der Waals surface area contributed by atoms with Crippen LogP contribution in [0, 0.1) is 5.92 Å². The molecular weight excluding hydrogens is 108 g/mol. The van der Waals surface area contributed by atoms with Gasteiger partial charge in [0.1, 0.15) is 0 Å². The van der Waals surface area contributed by atoms with Gasteiger partial charge >= 0.3 is 44.1 Å². The van der Waals surface area contributed by atoms with Gasteiger partial charge in [0, 0.05) is 0 Å². The summed E-state index contributed by atoms with van der Waals surface area (Å²) in [5.74, 6) is 1.02. The molecule has 1 aliphatic rings. The molecular formula is C4H7ClMg. The van der Waals surface area contributed by atoms with Crippen molar-refractivity contribution in [2.75, 3.05) is 0 Å². The fourth-order valence-electron chi connectivity index (χ4n) is 0.332. The molecule has 0 unspecified atom stereocenters. The molecule has 32 valence electrons. The van der Waals surface area contributed by atoms with Gasteiger partial charge in [-0.1, -0.05) is 0 Å². The molecule has 2 heteroatoms. The number of hydrogen-bond donors (Lipinski definition) is 0. The van der Waals surface area contributed by atoms with Gasteiger partial charge < -0.3 is 0 Å². The van der Waals surface area contributed by atoms with Crippen LogP contribution in [0.1, 0.15) is 12.8 Å². The average Bonchev–Trinajstić information content (AvgIpc) is 2.12. The third-order valence-electron chi connectivity index (χ3n) is 0.955. The first-order valence-corrected chi connectivity index (χ1v) is 2.87. The molecule has 1 aliphatic carbocycles. The predicted molar refractivity (Wildman–Crippen MR) is 31.8 cm³/mol. The van der Waals surface area contributed by atoms with Crippen LogP contribution in [0.15, 0.2) is 0 Å². The van der Waals surface area contributed by atoms with E-state index < -0.39 is 0 Å². The zero-order valence-electron chi connectivity index (χ0n) is 3.68. The van der Waals surface area contributed by atoms with E-state index in [1.54, 1.807) is 0 Å². The first kappa shape index (κ1) is 6.93. The molecule has 0 radical (unpaired) electrons. The van der Waals surface area contributed by atoms with Crippen molar-refractivity contribution < 1.29 is 0 Å². The molecule has 0 N–H and O–H groups in total. The van der Waals surface area contributed by atoms with Gasteiger partial charge in [0.05, 0.1) is 0 Å². The second-order valence-electron chi connectivity index (χ2n) is 1.57. The summed E-state index contributed by atoms with van der Waals surface area (Å²) in [7, 11) is 0. The first-order valence-electron chi connectivity index (χ1n) is 2.06. The second-order valence-corrected chi connectivity index (χ2v) is 2.04. The molecule has 0 atom stereocenters. The van der Waals surface area contributed by atoms with Crippen LogP contribution >= 0.6 is 12.4 Å². The second kappa shape index (κ2) is 3.00. The quantitative estimate of drug-likeness (QED) is 0.443.